The molecule has 1 N–H and O–H groups in total. The summed E-state index contributed by atoms with van der Waals surface area (Å²) in [7, 11) is 0. The molecule has 2 unspecified atom stereocenters. The highest BCUT2D eigenvalue weighted by Gasteiger charge is 2.42. The molecule has 0 radical (unpaired) electrons. The number of benzene rings is 1. The second kappa shape index (κ2) is 6.29. The zero-order chi connectivity index (χ0) is 14.7. The Morgan fingerprint density at radius 2 is 2.05 bits per heavy atom. The zero-order valence-corrected chi connectivity index (χ0v) is 12.6. The van der Waals surface area contributed by atoms with E-state index in [9.17, 15) is 9.90 Å². The number of fused-ring (bicyclic) bond motifs is 1. The third-order valence-electron chi connectivity index (χ3n) is 5.26. The minimum Gasteiger partial charge on any atom is -0.390 e. The van der Waals surface area contributed by atoms with Crippen LogP contribution in [0.15, 0.2) is 30.3 Å². The Morgan fingerprint density at radius 1 is 1.24 bits per heavy atom. The number of hydrogen-bond acceptors (Lipinski definition) is 3. The molecule has 0 bridgehead atoms. The van der Waals surface area contributed by atoms with Gasteiger partial charge in [0.25, 0.3) is 0 Å². The van der Waals surface area contributed by atoms with Crippen molar-refractivity contribution in [2.24, 2.45) is 5.92 Å². The number of likely N-dealkylation sites (tertiary alicyclic amines) is 1. The van der Waals surface area contributed by atoms with Crippen LogP contribution < -0.4 is 0 Å². The van der Waals surface area contributed by atoms with E-state index in [1.54, 1.807) is 0 Å². The standard InChI is InChI=1S/C18H25NO2/c20-17(15-6-2-1-3-7-15)9-12-19-13-11-18(21)10-5-4-8-16(18)14-19/h1-3,6-7,16,21H,4-5,8-14H2. The maximum atomic E-state index is 12.2. The van der Waals surface area contributed by atoms with E-state index >= 15 is 0 Å². The van der Waals surface area contributed by atoms with Crippen molar-refractivity contribution in [3.05, 3.63) is 35.9 Å². The quantitative estimate of drug-likeness (QED) is 0.866. The summed E-state index contributed by atoms with van der Waals surface area (Å²) in [6, 6.07) is 9.54. The van der Waals surface area contributed by atoms with Gasteiger partial charge in [0.05, 0.1) is 5.60 Å². The fourth-order valence-electron chi connectivity index (χ4n) is 3.87. The van der Waals surface area contributed by atoms with E-state index in [0.717, 1.165) is 44.5 Å². The number of ketones is 1. The van der Waals surface area contributed by atoms with Crippen LogP contribution >= 0.6 is 0 Å². The first kappa shape index (κ1) is 14.7. The number of Topliss-reactive ketones (excluding diaryl/α,β-unsaturated/α-hetero) is 1. The van der Waals surface area contributed by atoms with Crippen molar-refractivity contribution in [3.63, 3.8) is 0 Å². The minimum atomic E-state index is -0.418. The van der Waals surface area contributed by atoms with Gasteiger partial charge in [0, 0.05) is 37.5 Å². The molecule has 114 valence electrons. The van der Waals surface area contributed by atoms with Crippen LogP contribution in [0.1, 0.15) is 48.9 Å². The van der Waals surface area contributed by atoms with Gasteiger partial charge in [-0.2, -0.15) is 0 Å². The molecule has 1 aliphatic carbocycles. The molecule has 2 fully saturated rings. The van der Waals surface area contributed by atoms with Gasteiger partial charge >= 0.3 is 0 Å². The Hall–Kier alpha value is -1.19. The molecule has 1 aromatic carbocycles. The first-order valence-corrected chi connectivity index (χ1v) is 8.20. The summed E-state index contributed by atoms with van der Waals surface area (Å²) in [5.41, 5.74) is 0.391. The molecule has 1 aromatic rings. The predicted molar refractivity (Wildman–Crippen MR) is 83.4 cm³/mol. The lowest BCUT2D eigenvalue weighted by Gasteiger charge is -2.47. The molecule has 0 amide bonds. The van der Waals surface area contributed by atoms with Crippen molar-refractivity contribution < 1.29 is 9.90 Å². The predicted octanol–water partition coefficient (Wildman–Crippen LogP) is 2.89. The van der Waals surface area contributed by atoms with Crippen molar-refractivity contribution in [1.82, 2.24) is 4.90 Å². The van der Waals surface area contributed by atoms with Gasteiger partial charge in [-0.15, -0.1) is 0 Å². The molecular weight excluding hydrogens is 262 g/mol. The van der Waals surface area contributed by atoms with E-state index in [-0.39, 0.29) is 5.78 Å². The Kier molecular flexibility index (Phi) is 4.41. The molecule has 1 saturated carbocycles. The largest absolute Gasteiger partial charge is 0.390 e. The number of nitrogens with zero attached hydrogens (tertiary/aromatic N) is 1. The number of hydrogen-bond donors (Lipinski definition) is 1. The summed E-state index contributed by atoms with van der Waals surface area (Å²) in [6.07, 6.45) is 5.96. The van der Waals surface area contributed by atoms with Crippen LogP contribution in [0.2, 0.25) is 0 Å². The normalized spacial score (nSPS) is 29.9. The van der Waals surface area contributed by atoms with Crippen molar-refractivity contribution in [2.45, 2.75) is 44.1 Å². The number of aliphatic hydroxyl groups is 1. The van der Waals surface area contributed by atoms with Crippen molar-refractivity contribution >= 4 is 5.78 Å². The Bertz CT molecular complexity index is 487. The summed E-state index contributed by atoms with van der Waals surface area (Å²) < 4.78 is 0. The van der Waals surface area contributed by atoms with Crippen LogP contribution in [-0.4, -0.2) is 41.0 Å². The van der Waals surface area contributed by atoms with Crippen LogP contribution in [-0.2, 0) is 0 Å². The summed E-state index contributed by atoms with van der Waals surface area (Å²) in [5, 5.41) is 10.7. The fraction of sp³-hybridized carbons (Fsp3) is 0.611. The Morgan fingerprint density at radius 3 is 2.86 bits per heavy atom. The fourth-order valence-corrected chi connectivity index (χ4v) is 3.87. The first-order valence-electron chi connectivity index (χ1n) is 8.20. The highest BCUT2D eigenvalue weighted by Crippen LogP contribution is 2.39. The van der Waals surface area contributed by atoms with E-state index in [1.807, 2.05) is 30.3 Å². The smallest absolute Gasteiger partial charge is 0.164 e. The molecule has 0 spiro atoms. The Balaban J connectivity index is 1.52. The summed E-state index contributed by atoms with van der Waals surface area (Å²) >= 11 is 0. The molecule has 0 aromatic heterocycles. The maximum Gasteiger partial charge on any atom is 0.164 e. The lowest BCUT2D eigenvalue weighted by molar-refractivity contribution is -0.0949. The number of carbonyl (C=O) groups excluding carboxylic acids is 1. The minimum absolute atomic E-state index is 0.222. The first-order chi connectivity index (χ1) is 10.2. The second-order valence-electron chi connectivity index (χ2n) is 6.64. The van der Waals surface area contributed by atoms with Crippen LogP contribution in [0.4, 0.5) is 0 Å². The average molecular weight is 287 g/mol. The molecule has 3 nitrogen and oxygen atoms in total. The zero-order valence-electron chi connectivity index (χ0n) is 12.6. The van der Waals surface area contributed by atoms with E-state index < -0.39 is 5.60 Å². The third kappa shape index (κ3) is 3.35. The van der Waals surface area contributed by atoms with E-state index in [2.05, 4.69) is 4.90 Å². The van der Waals surface area contributed by atoms with Gasteiger partial charge in [0.1, 0.15) is 0 Å². The Labute approximate surface area is 127 Å². The monoisotopic (exact) mass is 287 g/mol. The van der Waals surface area contributed by atoms with E-state index in [0.29, 0.717) is 12.3 Å². The molecule has 2 aliphatic rings. The van der Waals surface area contributed by atoms with Gasteiger partial charge in [-0.05, 0) is 19.3 Å². The van der Waals surface area contributed by atoms with Crippen molar-refractivity contribution in [3.8, 4) is 0 Å². The van der Waals surface area contributed by atoms with Gasteiger partial charge in [-0.25, -0.2) is 0 Å². The van der Waals surface area contributed by atoms with Crippen molar-refractivity contribution in [1.29, 1.82) is 0 Å². The van der Waals surface area contributed by atoms with E-state index in [1.165, 1.54) is 12.8 Å². The highest BCUT2D eigenvalue weighted by atomic mass is 16.3. The maximum absolute atomic E-state index is 12.2. The molecule has 2 atom stereocenters. The van der Waals surface area contributed by atoms with Gasteiger partial charge < -0.3 is 10.0 Å². The SMILES string of the molecule is O=C(CCN1CCC2(O)CCCCC2C1)c1ccccc1. The van der Waals surface area contributed by atoms with Gasteiger partial charge in [0.2, 0.25) is 0 Å². The molecule has 1 saturated heterocycles. The third-order valence-corrected chi connectivity index (χ3v) is 5.26. The summed E-state index contributed by atoms with van der Waals surface area (Å²) in [6.45, 7) is 2.70. The number of carbonyl (C=O) groups is 1. The summed E-state index contributed by atoms with van der Waals surface area (Å²) in [4.78, 5) is 14.5. The van der Waals surface area contributed by atoms with Crippen LogP contribution in [0.5, 0.6) is 0 Å². The molecule has 1 heterocycles. The lowest BCUT2D eigenvalue weighted by atomic mass is 9.71. The molecule has 21 heavy (non-hydrogen) atoms. The van der Waals surface area contributed by atoms with Gasteiger partial charge in [0.15, 0.2) is 5.78 Å². The van der Waals surface area contributed by atoms with Crippen molar-refractivity contribution in [2.75, 3.05) is 19.6 Å². The molecule has 3 rings (SSSR count). The molecular formula is C18H25NO2. The summed E-state index contributed by atoms with van der Waals surface area (Å²) in [5.74, 6) is 0.631. The topological polar surface area (TPSA) is 40.5 Å². The van der Waals surface area contributed by atoms with Gasteiger partial charge in [-0.1, -0.05) is 43.2 Å². The van der Waals surface area contributed by atoms with Crippen LogP contribution in [0.3, 0.4) is 0 Å². The van der Waals surface area contributed by atoms with Crippen LogP contribution in [0.25, 0.3) is 0 Å². The lowest BCUT2D eigenvalue weighted by Crippen LogP contribution is -2.53. The molecule has 1 aliphatic heterocycles. The number of piperidine rings is 1. The van der Waals surface area contributed by atoms with Gasteiger partial charge in [-0.3, -0.25) is 4.79 Å². The second-order valence-corrected chi connectivity index (χ2v) is 6.64. The molecule has 3 heteroatoms. The average Bonchev–Trinajstić information content (AvgIpc) is 2.53. The number of rotatable bonds is 4. The van der Waals surface area contributed by atoms with E-state index in [4.69, 9.17) is 0 Å². The highest BCUT2D eigenvalue weighted by molar-refractivity contribution is 5.96. The van der Waals surface area contributed by atoms with Crippen LogP contribution in [0, 0.1) is 5.92 Å².